The Morgan fingerprint density at radius 2 is 1.69 bits per heavy atom. The minimum atomic E-state index is -0.201. The zero-order chi connectivity index (χ0) is 30.5. The molecule has 0 aromatic rings. The van der Waals surface area contributed by atoms with Gasteiger partial charge in [-0.3, -0.25) is 9.59 Å². The van der Waals surface area contributed by atoms with E-state index in [0.717, 1.165) is 60.7 Å². The third-order valence-electron chi connectivity index (χ3n) is 12.9. The van der Waals surface area contributed by atoms with Gasteiger partial charge in [-0.15, -0.1) is 0 Å². The van der Waals surface area contributed by atoms with Crippen LogP contribution in [0.4, 0.5) is 0 Å². The lowest BCUT2D eigenvalue weighted by Gasteiger charge is -2.58. The van der Waals surface area contributed by atoms with Crippen LogP contribution in [0.3, 0.4) is 0 Å². The summed E-state index contributed by atoms with van der Waals surface area (Å²) in [6.45, 7) is 18.3. The number of ether oxygens (including phenoxy) is 2. The molecular formula is C37H63NO4. The molecule has 0 saturated heterocycles. The predicted octanol–water partition coefficient (Wildman–Crippen LogP) is 8.51. The first-order chi connectivity index (χ1) is 20.0. The Kier molecular flexibility index (Phi) is 11.7. The molecule has 1 N–H and O–H groups in total. The zero-order valence-electron chi connectivity index (χ0n) is 28.1. The first-order valence-corrected chi connectivity index (χ1v) is 17.8. The Bertz CT molecular complexity index is 944. The molecule has 240 valence electrons. The lowest BCUT2D eigenvalue weighted by Crippen LogP contribution is -2.51. The lowest BCUT2D eigenvalue weighted by molar-refractivity contribution is -0.151. The van der Waals surface area contributed by atoms with Crippen molar-refractivity contribution >= 4 is 11.9 Å². The van der Waals surface area contributed by atoms with Crippen molar-refractivity contribution in [3.63, 3.8) is 0 Å². The Morgan fingerprint density at radius 3 is 2.38 bits per heavy atom. The van der Waals surface area contributed by atoms with Gasteiger partial charge in [0.2, 0.25) is 0 Å². The van der Waals surface area contributed by atoms with Gasteiger partial charge in [0.1, 0.15) is 6.10 Å². The maximum absolute atomic E-state index is 12.6. The number of allylic oxidation sites excluding steroid dienone is 1. The summed E-state index contributed by atoms with van der Waals surface area (Å²) in [6.07, 6.45) is 17.3. The molecule has 4 aliphatic rings. The summed E-state index contributed by atoms with van der Waals surface area (Å²) in [5.74, 6) is 5.57. The van der Waals surface area contributed by atoms with Crippen LogP contribution < -0.4 is 5.32 Å². The molecule has 4 rings (SSSR count). The molecule has 0 aliphatic heterocycles. The fourth-order valence-electron chi connectivity index (χ4n) is 10.4. The molecule has 0 radical (unpaired) electrons. The number of carbonyl (C=O) groups is 2. The summed E-state index contributed by atoms with van der Waals surface area (Å²) in [6, 6.07) is 0. The summed E-state index contributed by atoms with van der Waals surface area (Å²) in [4.78, 5) is 24.0. The van der Waals surface area contributed by atoms with Crippen molar-refractivity contribution in [1.29, 1.82) is 0 Å². The molecule has 9 atom stereocenters. The van der Waals surface area contributed by atoms with E-state index in [2.05, 4.69) is 52.9 Å². The molecule has 5 nitrogen and oxygen atoms in total. The zero-order valence-corrected chi connectivity index (χ0v) is 28.1. The van der Waals surface area contributed by atoms with Gasteiger partial charge in [-0.25, -0.2) is 0 Å². The maximum Gasteiger partial charge on any atom is 0.307 e. The van der Waals surface area contributed by atoms with Crippen LogP contribution in [0.15, 0.2) is 11.6 Å². The number of hydrogen-bond acceptors (Lipinski definition) is 5. The molecule has 0 spiro atoms. The molecule has 0 aromatic carbocycles. The van der Waals surface area contributed by atoms with Crippen molar-refractivity contribution in [2.24, 2.45) is 52.3 Å². The van der Waals surface area contributed by atoms with Gasteiger partial charge in [0, 0.05) is 19.5 Å². The Hall–Kier alpha value is -1.36. The second kappa shape index (κ2) is 14.6. The molecule has 0 aromatic heterocycles. The Morgan fingerprint density at radius 1 is 0.952 bits per heavy atom. The van der Waals surface area contributed by atoms with E-state index in [4.69, 9.17) is 9.47 Å². The first kappa shape index (κ1) is 33.5. The maximum atomic E-state index is 12.6. The summed E-state index contributed by atoms with van der Waals surface area (Å²) >= 11 is 0. The molecule has 4 aliphatic carbocycles. The molecule has 0 heterocycles. The van der Waals surface area contributed by atoms with Gasteiger partial charge < -0.3 is 14.8 Å². The van der Waals surface area contributed by atoms with Crippen molar-refractivity contribution in [1.82, 2.24) is 5.32 Å². The van der Waals surface area contributed by atoms with Crippen molar-refractivity contribution in [3.05, 3.63) is 11.6 Å². The van der Waals surface area contributed by atoms with Crippen LogP contribution in [0, 0.1) is 52.3 Å². The number of hydrogen-bond donors (Lipinski definition) is 1. The van der Waals surface area contributed by atoms with Crippen molar-refractivity contribution in [2.75, 3.05) is 19.7 Å². The molecule has 0 amide bonds. The highest BCUT2D eigenvalue weighted by Crippen LogP contribution is 2.67. The normalized spacial score (nSPS) is 35.4. The van der Waals surface area contributed by atoms with E-state index in [1.165, 1.54) is 51.4 Å². The molecule has 5 heteroatoms. The van der Waals surface area contributed by atoms with Gasteiger partial charge in [0.05, 0.1) is 19.4 Å². The monoisotopic (exact) mass is 585 g/mol. The average molecular weight is 586 g/mol. The highest BCUT2D eigenvalue weighted by Gasteiger charge is 2.59. The highest BCUT2D eigenvalue weighted by molar-refractivity contribution is 5.70. The molecule has 0 unspecified atom stereocenters. The van der Waals surface area contributed by atoms with Crippen molar-refractivity contribution < 1.29 is 19.1 Å². The lowest BCUT2D eigenvalue weighted by atomic mass is 9.47. The summed E-state index contributed by atoms with van der Waals surface area (Å²) in [5, 5.41) is 3.16. The van der Waals surface area contributed by atoms with E-state index >= 15 is 0 Å². The number of nitrogens with one attached hydrogen (secondary N) is 1. The molecule has 3 saturated carbocycles. The van der Waals surface area contributed by atoms with Crippen LogP contribution in [-0.2, 0) is 19.1 Å². The third kappa shape index (κ3) is 7.29. The minimum absolute atomic E-state index is 0.0104. The van der Waals surface area contributed by atoms with Gasteiger partial charge in [-0.1, -0.05) is 66.0 Å². The number of esters is 2. The smallest absolute Gasteiger partial charge is 0.307 e. The topological polar surface area (TPSA) is 64.6 Å². The summed E-state index contributed by atoms with van der Waals surface area (Å²) in [5.41, 5.74) is 2.36. The van der Waals surface area contributed by atoms with Gasteiger partial charge in [-0.05, 0) is 111 Å². The van der Waals surface area contributed by atoms with E-state index < -0.39 is 0 Å². The highest BCUT2D eigenvalue weighted by atomic mass is 16.5. The SMILES string of the molecule is CCOC(=O)CCNCCC(=O)O[C@H]1CC[C@@]2(C)C(=CC[C@H]3[C@@H]4CC[C@H]([C@H](C)CC[C@@H](CC)C(C)C)[C@@]4(C)CC[C@@H]32)C1. The molecule has 42 heavy (non-hydrogen) atoms. The second-order valence-electron chi connectivity index (χ2n) is 15.4. The van der Waals surface area contributed by atoms with E-state index in [0.29, 0.717) is 38.0 Å². The minimum Gasteiger partial charge on any atom is -0.466 e. The van der Waals surface area contributed by atoms with Crippen LogP contribution in [0.25, 0.3) is 0 Å². The third-order valence-corrected chi connectivity index (χ3v) is 12.9. The molecule has 3 fully saturated rings. The van der Waals surface area contributed by atoms with Crippen molar-refractivity contribution in [2.45, 2.75) is 138 Å². The van der Waals surface area contributed by atoms with Crippen LogP contribution >= 0.6 is 0 Å². The second-order valence-corrected chi connectivity index (χ2v) is 15.4. The van der Waals surface area contributed by atoms with Crippen LogP contribution in [0.2, 0.25) is 0 Å². The quantitative estimate of drug-likeness (QED) is 0.126. The Labute approximate surface area is 257 Å². The fourth-order valence-corrected chi connectivity index (χ4v) is 10.4. The van der Waals surface area contributed by atoms with E-state index in [1.807, 2.05) is 6.92 Å². The molecule has 0 bridgehead atoms. The van der Waals surface area contributed by atoms with Gasteiger partial charge >= 0.3 is 11.9 Å². The average Bonchev–Trinajstić information content (AvgIpc) is 3.30. The predicted molar refractivity (Wildman–Crippen MR) is 171 cm³/mol. The molecular weight excluding hydrogens is 522 g/mol. The number of fused-ring (bicyclic) bond motifs is 5. The fraction of sp³-hybridized carbons (Fsp3) is 0.892. The van der Waals surface area contributed by atoms with Gasteiger partial charge in [-0.2, -0.15) is 0 Å². The van der Waals surface area contributed by atoms with Crippen LogP contribution in [0.5, 0.6) is 0 Å². The van der Waals surface area contributed by atoms with Crippen LogP contribution in [0.1, 0.15) is 132 Å². The number of carbonyl (C=O) groups excluding carboxylic acids is 2. The standard InChI is InChI=1S/C37H63NO4/c1-8-27(25(3)4)11-10-26(5)31-14-15-32-30-13-12-28-24-29(16-20-36(28,6)33(30)17-21-37(31,32)7)42-35(40)19-23-38-22-18-34(39)41-9-2/h12,25-27,29-33,38H,8-11,13-24H2,1-7H3/t26-,27-,29+,30+,31-,32+,33+,36+,37-/m1/s1. The van der Waals surface area contributed by atoms with E-state index in [9.17, 15) is 9.59 Å². The number of rotatable bonds is 14. The van der Waals surface area contributed by atoms with E-state index in [1.54, 1.807) is 5.57 Å². The van der Waals surface area contributed by atoms with Crippen molar-refractivity contribution in [3.8, 4) is 0 Å². The van der Waals surface area contributed by atoms with Gasteiger partial charge in [0.25, 0.3) is 0 Å². The van der Waals surface area contributed by atoms with Crippen LogP contribution in [-0.4, -0.2) is 37.7 Å². The van der Waals surface area contributed by atoms with Gasteiger partial charge in [0.15, 0.2) is 0 Å². The summed E-state index contributed by atoms with van der Waals surface area (Å²) < 4.78 is 10.9. The Balaban J connectivity index is 1.29. The van der Waals surface area contributed by atoms with E-state index in [-0.39, 0.29) is 23.5 Å². The largest absolute Gasteiger partial charge is 0.466 e. The summed E-state index contributed by atoms with van der Waals surface area (Å²) in [7, 11) is 0. The first-order valence-electron chi connectivity index (χ1n) is 17.8.